The highest BCUT2D eigenvalue weighted by Gasteiger charge is 2.15. The smallest absolute Gasteiger partial charge is 0.135 e. The minimum Gasteiger partial charge on any atom is -0.492 e. The second kappa shape index (κ2) is 31.2. The van der Waals surface area contributed by atoms with Crippen molar-refractivity contribution in [3.05, 3.63) is 48.5 Å². The van der Waals surface area contributed by atoms with Crippen molar-refractivity contribution in [3.63, 3.8) is 0 Å². The number of hydrogen-bond acceptors (Lipinski definition) is 2. The summed E-state index contributed by atoms with van der Waals surface area (Å²) in [4.78, 5) is 0. The molecule has 52 heavy (non-hydrogen) atoms. The van der Waals surface area contributed by atoms with Gasteiger partial charge in [-0.15, -0.1) is 0 Å². The van der Waals surface area contributed by atoms with Crippen LogP contribution in [0.15, 0.2) is 48.5 Å². The fraction of sp³-hybridized carbons (Fsp3) is 0.720. The molecule has 0 heterocycles. The maximum Gasteiger partial charge on any atom is 0.135 e. The Labute approximate surface area is 322 Å². The van der Waals surface area contributed by atoms with Crippen LogP contribution >= 0.6 is 0 Å². The molecule has 0 radical (unpaired) electrons. The first-order chi connectivity index (χ1) is 25.9. The molecule has 3 aromatic carbocycles. The van der Waals surface area contributed by atoms with Crippen molar-refractivity contribution in [2.24, 2.45) is 0 Å². The normalized spacial score (nSPS) is 11.6. The van der Waals surface area contributed by atoms with Crippen LogP contribution < -0.4 is 9.47 Å². The molecule has 294 valence electrons. The van der Waals surface area contributed by atoms with E-state index in [2.05, 4.69) is 62.4 Å². The van der Waals surface area contributed by atoms with Gasteiger partial charge in [0.05, 0.1) is 13.2 Å². The lowest BCUT2D eigenvalue weighted by Crippen LogP contribution is -2.02. The van der Waals surface area contributed by atoms with Crippen LogP contribution in [0, 0.1) is 0 Å². The summed E-state index contributed by atoms with van der Waals surface area (Å²) in [6.45, 7) is 6.17. The van der Waals surface area contributed by atoms with E-state index in [0.717, 1.165) is 37.6 Å². The van der Waals surface area contributed by atoms with Crippen molar-refractivity contribution in [2.45, 2.75) is 219 Å². The van der Waals surface area contributed by atoms with Crippen LogP contribution in [0.25, 0.3) is 21.5 Å². The zero-order valence-corrected chi connectivity index (χ0v) is 34.5. The summed E-state index contributed by atoms with van der Waals surface area (Å²) < 4.78 is 13.2. The number of rotatable bonds is 36. The molecule has 0 aromatic heterocycles. The number of ether oxygens (including phenoxy) is 2. The van der Waals surface area contributed by atoms with Crippen LogP contribution in [-0.4, -0.2) is 13.2 Å². The van der Waals surface area contributed by atoms with E-state index >= 15 is 0 Å². The predicted octanol–water partition coefficient (Wildman–Crippen LogP) is 17.3. The molecule has 0 atom stereocenters. The van der Waals surface area contributed by atoms with E-state index in [1.165, 1.54) is 214 Å². The van der Waals surface area contributed by atoms with E-state index in [1.54, 1.807) is 0 Å². The summed E-state index contributed by atoms with van der Waals surface area (Å²) in [5.41, 5.74) is 0. The van der Waals surface area contributed by atoms with Crippen molar-refractivity contribution in [2.75, 3.05) is 13.2 Å². The maximum absolute atomic E-state index is 6.59. The van der Waals surface area contributed by atoms with E-state index in [-0.39, 0.29) is 0 Å². The van der Waals surface area contributed by atoms with Gasteiger partial charge in [-0.25, -0.2) is 0 Å². The number of unbranched alkanes of at least 4 members (excludes halogenated alkanes) is 30. The van der Waals surface area contributed by atoms with Gasteiger partial charge >= 0.3 is 0 Å². The summed E-state index contributed by atoms with van der Waals surface area (Å²) in [5, 5.41) is 4.72. The monoisotopic (exact) mass is 715 g/mol. The van der Waals surface area contributed by atoms with Gasteiger partial charge in [-0.2, -0.15) is 0 Å². The lowest BCUT2D eigenvalue weighted by molar-refractivity contribution is 0.306. The minimum atomic E-state index is 0.784. The Hall–Kier alpha value is -2.22. The molecule has 0 aliphatic heterocycles. The second-order valence-corrected chi connectivity index (χ2v) is 16.1. The predicted molar refractivity (Wildman–Crippen MR) is 232 cm³/mol. The third kappa shape index (κ3) is 19.2. The van der Waals surface area contributed by atoms with Gasteiger partial charge in [0.1, 0.15) is 11.5 Å². The van der Waals surface area contributed by atoms with Crippen molar-refractivity contribution in [1.29, 1.82) is 0 Å². The third-order valence-corrected chi connectivity index (χ3v) is 11.3. The Balaban J connectivity index is 1.27. The van der Waals surface area contributed by atoms with Gasteiger partial charge in [0.15, 0.2) is 0 Å². The SMILES string of the molecule is CCCCCCCCCCCCCCCCCCOc1c2ccccc2c(OCCCCCCCCCCCCCCCCCC)c2ccccc12. The van der Waals surface area contributed by atoms with Gasteiger partial charge in [0.25, 0.3) is 0 Å². The number of fused-ring (bicyclic) bond motifs is 2. The standard InChI is InChI=1S/C50H82O2/c1-3-5-7-9-11-13-15-17-19-21-23-25-27-29-31-37-43-51-49-45-39-33-35-41-47(45)50(48-42-36-34-40-46(48)49)52-44-38-32-30-28-26-24-22-20-18-16-14-12-10-8-6-4-2/h33-36,39-42H,3-32,37-38,43-44H2,1-2H3. The first kappa shape index (κ1) is 44.2. The van der Waals surface area contributed by atoms with Crippen molar-refractivity contribution in [1.82, 2.24) is 0 Å². The Morgan fingerprint density at radius 2 is 0.462 bits per heavy atom. The van der Waals surface area contributed by atoms with E-state index in [4.69, 9.17) is 9.47 Å². The topological polar surface area (TPSA) is 18.5 Å². The van der Waals surface area contributed by atoms with E-state index in [0.29, 0.717) is 0 Å². The number of benzene rings is 3. The molecule has 0 fully saturated rings. The molecule has 3 rings (SSSR count). The molecule has 0 amide bonds. The van der Waals surface area contributed by atoms with Gasteiger partial charge in [0.2, 0.25) is 0 Å². The zero-order chi connectivity index (χ0) is 36.6. The van der Waals surface area contributed by atoms with Crippen molar-refractivity contribution >= 4 is 21.5 Å². The molecular formula is C50H82O2. The van der Waals surface area contributed by atoms with Crippen LogP contribution in [0.1, 0.15) is 219 Å². The van der Waals surface area contributed by atoms with Crippen LogP contribution in [0.3, 0.4) is 0 Å². The van der Waals surface area contributed by atoms with E-state index in [9.17, 15) is 0 Å². The first-order valence-corrected chi connectivity index (χ1v) is 23.1. The summed E-state index contributed by atoms with van der Waals surface area (Å²) in [6.07, 6.45) is 44.5. The Morgan fingerprint density at radius 3 is 0.673 bits per heavy atom. The Bertz CT molecular complexity index is 1090. The maximum atomic E-state index is 6.59. The lowest BCUT2D eigenvalue weighted by Gasteiger charge is -2.18. The third-order valence-electron chi connectivity index (χ3n) is 11.3. The summed E-state index contributed by atoms with van der Waals surface area (Å²) in [6, 6.07) is 17.4. The highest BCUT2D eigenvalue weighted by molar-refractivity contribution is 6.11. The molecule has 0 saturated heterocycles. The van der Waals surface area contributed by atoms with Crippen LogP contribution in [-0.2, 0) is 0 Å². The summed E-state index contributed by atoms with van der Waals surface area (Å²) in [5.74, 6) is 2.06. The molecule has 0 spiro atoms. The van der Waals surface area contributed by atoms with Crippen molar-refractivity contribution < 1.29 is 9.47 Å². The number of hydrogen-bond donors (Lipinski definition) is 0. The summed E-state index contributed by atoms with van der Waals surface area (Å²) in [7, 11) is 0. The van der Waals surface area contributed by atoms with Gasteiger partial charge in [-0.3, -0.25) is 0 Å². The molecule has 0 unspecified atom stereocenters. The largest absolute Gasteiger partial charge is 0.492 e. The molecule has 0 saturated carbocycles. The highest BCUT2D eigenvalue weighted by Crippen LogP contribution is 2.42. The molecule has 2 heteroatoms. The van der Waals surface area contributed by atoms with E-state index < -0.39 is 0 Å². The Kier molecular flexibility index (Phi) is 26.5. The molecule has 0 N–H and O–H groups in total. The highest BCUT2D eigenvalue weighted by atomic mass is 16.5. The first-order valence-electron chi connectivity index (χ1n) is 23.1. The molecule has 0 aliphatic carbocycles. The molecule has 0 aliphatic rings. The fourth-order valence-electron chi connectivity index (χ4n) is 8.01. The van der Waals surface area contributed by atoms with Gasteiger partial charge in [-0.1, -0.05) is 255 Å². The quantitative estimate of drug-likeness (QED) is 0.0441. The van der Waals surface area contributed by atoms with Crippen LogP contribution in [0.5, 0.6) is 11.5 Å². The van der Waals surface area contributed by atoms with Crippen LogP contribution in [0.4, 0.5) is 0 Å². The van der Waals surface area contributed by atoms with Gasteiger partial charge in [-0.05, 0) is 12.8 Å². The van der Waals surface area contributed by atoms with E-state index in [1.807, 2.05) is 0 Å². The molecular weight excluding hydrogens is 633 g/mol. The van der Waals surface area contributed by atoms with Gasteiger partial charge in [0, 0.05) is 21.5 Å². The molecule has 0 bridgehead atoms. The molecule has 3 aromatic rings. The second-order valence-electron chi connectivity index (χ2n) is 16.1. The van der Waals surface area contributed by atoms with Gasteiger partial charge < -0.3 is 9.47 Å². The molecule has 2 nitrogen and oxygen atoms in total. The fourth-order valence-corrected chi connectivity index (χ4v) is 8.01. The zero-order valence-electron chi connectivity index (χ0n) is 34.5. The lowest BCUT2D eigenvalue weighted by atomic mass is 10.0. The Morgan fingerprint density at radius 1 is 0.269 bits per heavy atom. The minimum absolute atomic E-state index is 0.784. The average molecular weight is 715 g/mol. The van der Waals surface area contributed by atoms with Crippen molar-refractivity contribution in [3.8, 4) is 11.5 Å². The van der Waals surface area contributed by atoms with Crippen LogP contribution in [0.2, 0.25) is 0 Å². The average Bonchev–Trinajstić information content (AvgIpc) is 3.17. The summed E-state index contributed by atoms with van der Waals surface area (Å²) >= 11 is 0.